The van der Waals surface area contributed by atoms with Gasteiger partial charge >= 0.3 is 0 Å². The molecular formula is C144H164N4. The predicted molar refractivity (Wildman–Crippen MR) is 645 cm³/mol. The highest BCUT2D eigenvalue weighted by molar-refractivity contribution is 5.99. The molecule has 0 bridgehead atoms. The Morgan fingerprint density at radius 3 is 0.953 bits per heavy atom. The number of para-hydroxylation sites is 4. The van der Waals surface area contributed by atoms with Crippen LogP contribution < -0.4 is 19.6 Å². The Morgan fingerprint density at radius 2 is 0.547 bits per heavy atom. The summed E-state index contributed by atoms with van der Waals surface area (Å²) >= 11 is 0. The molecular weight excluding hydrogens is 1790 g/mol. The number of hydrogen-bond donors (Lipinski definition) is 0. The van der Waals surface area contributed by atoms with E-state index in [1.807, 2.05) is 0 Å². The summed E-state index contributed by atoms with van der Waals surface area (Å²) in [7, 11) is 0. The first kappa shape index (κ1) is 106. The third-order valence-electron chi connectivity index (χ3n) is 32.1. The van der Waals surface area contributed by atoms with Crippen molar-refractivity contribution in [1.82, 2.24) is 0 Å². The molecule has 0 aliphatic heterocycles. The summed E-state index contributed by atoms with van der Waals surface area (Å²) in [6.45, 7) is 79.8. The predicted octanol–water partition coefficient (Wildman–Crippen LogP) is 41.0. The summed E-state index contributed by atoms with van der Waals surface area (Å²) in [5.74, 6) is 0.772. The molecule has 0 aromatic heterocycles. The van der Waals surface area contributed by atoms with E-state index in [0.717, 1.165) is 12.8 Å². The van der Waals surface area contributed by atoms with E-state index < -0.39 is 0 Å². The van der Waals surface area contributed by atoms with Gasteiger partial charge in [-0.15, -0.1) is 0 Å². The van der Waals surface area contributed by atoms with Crippen LogP contribution in [-0.4, -0.2) is 22.2 Å². The molecule has 0 amide bonds. The molecule has 0 atom stereocenters. The molecule has 0 unspecified atom stereocenters. The number of benzene rings is 16. The van der Waals surface area contributed by atoms with Crippen LogP contribution in [-0.2, 0) is 45.3 Å². The third kappa shape index (κ3) is 19.2. The van der Waals surface area contributed by atoms with Gasteiger partial charge in [0.05, 0.1) is 22.7 Å². The van der Waals surface area contributed by atoms with Gasteiger partial charge in [0, 0.05) is 88.8 Å². The lowest BCUT2D eigenvalue weighted by Gasteiger charge is -2.45. The zero-order valence-electron chi connectivity index (χ0n) is 95.7. The smallest absolute Gasteiger partial charge is 0.0533 e. The van der Waals surface area contributed by atoms with Crippen molar-refractivity contribution in [3.63, 3.8) is 0 Å². The second kappa shape index (κ2) is 40.0. The normalized spacial score (nSPS) is 14.1. The van der Waals surface area contributed by atoms with Crippen LogP contribution in [0.25, 0.3) is 89.0 Å². The number of hydrogen-bond acceptors (Lipinski definition) is 4. The molecule has 0 radical (unpaired) electrons. The lowest BCUT2D eigenvalue weighted by molar-refractivity contribution is 0.532. The average Bonchev–Trinajstić information content (AvgIpc) is 1.55. The summed E-state index contributed by atoms with van der Waals surface area (Å²) in [4.78, 5) is 10.5. The van der Waals surface area contributed by atoms with Crippen LogP contribution in [0.1, 0.15) is 322 Å². The minimum absolute atomic E-state index is 0.00824. The van der Waals surface area contributed by atoms with E-state index in [9.17, 15) is 0 Å². The zero-order valence-corrected chi connectivity index (χ0v) is 95.7. The number of nitrogens with zero attached hydrogens (tertiary/aromatic N) is 4. The molecule has 4 nitrogen and oxygen atoms in total. The maximum Gasteiger partial charge on any atom is 0.0533 e. The lowest BCUT2D eigenvalue weighted by atomic mass is 9.76. The van der Waals surface area contributed by atoms with Gasteiger partial charge in [0.25, 0.3) is 0 Å². The fourth-order valence-electron chi connectivity index (χ4n) is 25.4. The van der Waals surface area contributed by atoms with E-state index >= 15 is 0 Å². The molecule has 0 spiro atoms. The van der Waals surface area contributed by atoms with Crippen LogP contribution >= 0.6 is 0 Å². The van der Waals surface area contributed by atoms with Crippen molar-refractivity contribution in [2.75, 3.05) is 19.6 Å². The van der Waals surface area contributed by atoms with Crippen LogP contribution in [0.3, 0.4) is 0 Å². The quantitative estimate of drug-likeness (QED) is 0.0956. The topological polar surface area (TPSA) is 13.0 Å². The van der Waals surface area contributed by atoms with Gasteiger partial charge < -0.3 is 19.6 Å². The first-order valence-corrected chi connectivity index (χ1v) is 54.8. The van der Waals surface area contributed by atoms with Gasteiger partial charge in [-0.1, -0.05) is 454 Å². The largest absolute Gasteiger partial charge is 0.335 e. The molecule has 0 heterocycles. The van der Waals surface area contributed by atoms with Crippen molar-refractivity contribution in [3.8, 4) is 89.0 Å². The monoisotopic (exact) mass is 1950 g/mol. The minimum Gasteiger partial charge on any atom is -0.335 e. The summed E-state index contributed by atoms with van der Waals surface area (Å²) in [6.07, 6.45) is 1.98. The summed E-state index contributed by atoms with van der Waals surface area (Å²) in [5, 5.41) is 0. The Labute approximate surface area is 891 Å². The Kier molecular flexibility index (Phi) is 28.6. The highest BCUT2D eigenvalue weighted by Gasteiger charge is 2.47. The molecule has 4 aliphatic carbocycles. The highest BCUT2D eigenvalue weighted by Crippen LogP contribution is 2.62. The molecule has 16 aromatic carbocycles. The second-order valence-electron chi connectivity index (χ2n) is 50.8. The summed E-state index contributed by atoms with van der Waals surface area (Å²) in [5.41, 5.74) is 53.9. The molecule has 0 saturated carbocycles. The molecule has 0 saturated heterocycles. The third-order valence-corrected chi connectivity index (χ3v) is 32.1. The minimum atomic E-state index is -0.174. The van der Waals surface area contributed by atoms with Gasteiger partial charge in [-0.3, -0.25) is 0 Å². The fourth-order valence-corrected chi connectivity index (χ4v) is 25.4. The molecule has 4 heteroatoms. The van der Waals surface area contributed by atoms with Crippen LogP contribution in [0.4, 0.5) is 45.5 Å². The van der Waals surface area contributed by atoms with E-state index in [-0.39, 0.29) is 54.6 Å². The zero-order chi connectivity index (χ0) is 107. The van der Waals surface area contributed by atoms with Gasteiger partial charge in [0.15, 0.2) is 0 Å². The number of rotatable bonds is 16. The first-order valence-electron chi connectivity index (χ1n) is 54.8. The molecule has 20 rings (SSSR count). The van der Waals surface area contributed by atoms with Gasteiger partial charge in [0.2, 0.25) is 0 Å². The second-order valence-corrected chi connectivity index (χ2v) is 50.8. The maximum absolute atomic E-state index is 2.66. The van der Waals surface area contributed by atoms with Gasteiger partial charge in [-0.25, -0.2) is 0 Å². The number of aryl methyl sites for hydroxylation is 2. The Bertz CT molecular complexity index is 7590. The van der Waals surface area contributed by atoms with Crippen LogP contribution in [0.5, 0.6) is 0 Å². The first-order chi connectivity index (χ1) is 69.8. The molecule has 0 N–H and O–H groups in total. The van der Waals surface area contributed by atoms with E-state index in [1.54, 1.807) is 0 Å². The molecule has 4 aliphatic rings. The van der Waals surface area contributed by atoms with Gasteiger partial charge in [0.1, 0.15) is 0 Å². The highest BCUT2D eigenvalue weighted by atomic mass is 15.2. The fraction of sp³-hybridized carbons (Fsp3) is 0.333. The standard InChI is InChI=1S/C39H47N.C37H43N.C35H39N.C33H35N/c1-36(2,3)31-23-17-21-27(26-18-13-12-14-19-26)35(31)40(38(7,8)9)32-25-24-30-33(34(32)37(4,5)6)28-20-15-16-22-29(28)39(30,10)11;1-24(2)27-19-15-20-28(26-16-11-10-12-17-26)35(27)38(36(5,6)7)32-23-22-31-34(33(32)25(3)4)29-18-13-14-21-30(29)37(31,8)9;1-8-24-18-15-20-27(25-16-11-10-12-17-25)33(24)36(34(3,4)5)31-23-22-30-32(26(31)9-2)28-19-13-14-21-29(28)35(30,6)7;1-22-14-13-18-25(24-15-9-8-10-16-24)31(22)34(32(3,4)5)29-21-20-28-30(23(29)2)26-17-11-12-19-27(26)33(28,6)7/h12-25H,1-11H3;10-25H,1-9H3;10-23H,8-9H2,1-7H3;8-21H,1-7H3. The van der Waals surface area contributed by atoms with Crippen molar-refractivity contribution in [3.05, 3.63) is 429 Å². The van der Waals surface area contributed by atoms with Crippen molar-refractivity contribution in [1.29, 1.82) is 0 Å². The summed E-state index contributed by atoms with van der Waals surface area (Å²) in [6, 6.07) is 126. The van der Waals surface area contributed by atoms with Crippen molar-refractivity contribution >= 4 is 45.5 Å². The summed E-state index contributed by atoms with van der Waals surface area (Å²) < 4.78 is 0. The van der Waals surface area contributed by atoms with E-state index in [2.05, 4.69) is 595 Å². The van der Waals surface area contributed by atoms with E-state index in [1.165, 1.54) is 224 Å². The Balaban J connectivity index is 0.000000135. The molecule has 16 aromatic rings. The molecule has 0 fully saturated rings. The number of fused-ring (bicyclic) bond motifs is 12. The average molecular weight is 1950 g/mol. The Morgan fingerprint density at radius 1 is 0.236 bits per heavy atom. The van der Waals surface area contributed by atoms with Gasteiger partial charge in [-0.2, -0.15) is 0 Å². The van der Waals surface area contributed by atoms with Gasteiger partial charge in [-0.05, 0) is 312 Å². The van der Waals surface area contributed by atoms with Crippen molar-refractivity contribution in [2.24, 2.45) is 0 Å². The van der Waals surface area contributed by atoms with Crippen LogP contribution in [0.2, 0.25) is 0 Å². The molecule has 760 valence electrons. The van der Waals surface area contributed by atoms with Crippen molar-refractivity contribution in [2.45, 2.75) is 315 Å². The number of anilines is 8. The maximum atomic E-state index is 2.66. The van der Waals surface area contributed by atoms with Crippen molar-refractivity contribution < 1.29 is 0 Å². The SMILES string of the molecule is CC(C)(C)c1cccc(-c2ccccc2)c1N(c1ccc2c(c1C(C)(C)C)-c1ccccc1C2(C)C)C(C)(C)C.CC(C)c1cccc(-c2ccccc2)c1N(c1ccc2c(c1C(C)C)-c1ccccc1C2(C)C)C(C)(C)C.CCc1cccc(-c2ccccc2)c1N(c1ccc2c(c1CC)-c1ccccc1C2(C)C)C(C)(C)C.Cc1cccc(-c2ccccc2)c1N(c1ccc2c(c1C)-c1ccccc1C2(C)C)C(C)(C)C. The Hall–Kier alpha value is -13.3. The van der Waals surface area contributed by atoms with E-state index in [0.29, 0.717) is 11.8 Å². The lowest BCUT2D eigenvalue weighted by Crippen LogP contribution is -2.41. The van der Waals surface area contributed by atoms with Crippen LogP contribution in [0.15, 0.2) is 340 Å². The van der Waals surface area contributed by atoms with Crippen LogP contribution in [0, 0.1) is 13.8 Å². The molecule has 148 heavy (non-hydrogen) atoms. The van der Waals surface area contributed by atoms with E-state index in [4.69, 9.17) is 0 Å².